The lowest BCUT2D eigenvalue weighted by Gasteiger charge is -2.20. The van der Waals surface area contributed by atoms with Gasteiger partial charge < -0.3 is 19.3 Å². The number of allylic oxidation sites excluding steroid dienone is 6. The Hall–Kier alpha value is -1.77. The second-order valence-electron chi connectivity index (χ2n) is 16.6. The van der Waals surface area contributed by atoms with Crippen LogP contribution in [-0.4, -0.2) is 68.3 Å². The fraction of sp³-hybridized carbons (Fsp3) is 0.837. The van der Waals surface area contributed by atoms with Gasteiger partial charge in [-0.1, -0.05) is 198 Å². The molecule has 0 spiro atoms. The van der Waals surface area contributed by atoms with Gasteiger partial charge in [0.1, 0.15) is 6.61 Å². The van der Waals surface area contributed by atoms with Crippen LogP contribution in [0.15, 0.2) is 36.5 Å². The molecule has 0 aromatic rings. The molecule has 346 valence electrons. The van der Waals surface area contributed by atoms with E-state index in [1.807, 2.05) is 19.0 Å². The maximum absolute atomic E-state index is 12.7. The van der Waals surface area contributed by atoms with Crippen LogP contribution in [0.5, 0.6) is 0 Å². The third-order valence-electron chi connectivity index (χ3n) is 10.5. The molecule has 0 rings (SSSR count). The van der Waals surface area contributed by atoms with Gasteiger partial charge in [0.25, 0.3) is 0 Å². The van der Waals surface area contributed by atoms with Crippen LogP contribution in [0.25, 0.3) is 0 Å². The molecule has 0 aliphatic heterocycles. The molecule has 2 atom stereocenters. The lowest BCUT2D eigenvalue weighted by Crippen LogP contribution is -2.29. The summed E-state index contributed by atoms with van der Waals surface area (Å²) in [6, 6.07) is 0. The first-order valence-electron chi connectivity index (χ1n) is 24.3. The van der Waals surface area contributed by atoms with E-state index < -0.39 is 26.5 Å². The Balaban J connectivity index is 4.19. The van der Waals surface area contributed by atoms with Crippen molar-refractivity contribution in [1.82, 2.24) is 4.90 Å². The van der Waals surface area contributed by atoms with Crippen LogP contribution in [0.2, 0.25) is 0 Å². The largest absolute Gasteiger partial charge is 0.472 e. The zero-order chi connectivity index (χ0) is 43.3. The van der Waals surface area contributed by atoms with Gasteiger partial charge in [-0.15, -0.1) is 0 Å². The monoisotopic (exact) mass is 854 g/mol. The molecule has 0 fully saturated rings. The predicted octanol–water partition coefficient (Wildman–Crippen LogP) is 14.3. The van der Waals surface area contributed by atoms with Gasteiger partial charge in [0.15, 0.2) is 6.10 Å². The second-order valence-corrected chi connectivity index (χ2v) is 18.1. The molecule has 59 heavy (non-hydrogen) atoms. The minimum absolute atomic E-state index is 0.00537. The van der Waals surface area contributed by atoms with E-state index in [9.17, 15) is 19.0 Å². The quantitative estimate of drug-likeness (QED) is 0.0277. The number of hydrogen-bond donors (Lipinski definition) is 1. The van der Waals surface area contributed by atoms with E-state index >= 15 is 0 Å². The van der Waals surface area contributed by atoms with E-state index in [1.165, 1.54) is 116 Å². The highest BCUT2D eigenvalue weighted by atomic mass is 31.2. The minimum atomic E-state index is -4.37. The van der Waals surface area contributed by atoms with Gasteiger partial charge in [-0.05, 0) is 59.0 Å². The van der Waals surface area contributed by atoms with Crippen molar-refractivity contribution in [3.05, 3.63) is 36.5 Å². The highest BCUT2D eigenvalue weighted by Gasteiger charge is 2.26. The van der Waals surface area contributed by atoms with Gasteiger partial charge in [0, 0.05) is 19.4 Å². The molecule has 0 heterocycles. The number of ether oxygens (including phenoxy) is 2. The van der Waals surface area contributed by atoms with Gasteiger partial charge in [0.05, 0.1) is 13.2 Å². The Labute approximate surface area is 363 Å². The summed E-state index contributed by atoms with van der Waals surface area (Å²) in [5, 5.41) is 0. The third-order valence-corrected chi connectivity index (χ3v) is 11.4. The Bertz CT molecular complexity index is 1080. The molecule has 0 radical (unpaired) electrons. The highest BCUT2D eigenvalue weighted by Crippen LogP contribution is 2.43. The van der Waals surface area contributed by atoms with Gasteiger partial charge in [0.2, 0.25) is 0 Å². The van der Waals surface area contributed by atoms with Crippen LogP contribution in [0.3, 0.4) is 0 Å². The van der Waals surface area contributed by atoms with Gasteiger partial charge in [-0.25, -0.2) is 4.57 Å². The predicted molar refractivity (Wildman–Crippen MR) is 248 cm³/mol. The van der Waals surface area contributed by atoms with Crippen molar-refractivity contribution in [3.8, 4) is 0 Å². The molecule has 0 aromatic carbocycles. The van der Waals surface area contributed by atoms with E-state index in [-0.39, 0.29) is 32.0 Å². The SMILES string of the molecule is CC/C=C\C/C=C\C/C=C\CCCCCCCC(=O)OCC(COP(=O)(O)OCCN(C)C)OC(=O)CCCCCCCCCCCCCCCCCCCCCCC. The van der Waals surface area contributed by atoms with E-state index in [4.69, 9.17) is 18.5 Å². The Morgan fingerprint density at radius 3 is 1.44 bits per heavy atom. The molecule has 0 bridgehead atoms. The number of nitrogens with zero attached hydrogens (tertiary/aromatic N) is 1. The number of unbranched alkanes of at least 4 members (excludes halogenated alkanes) is 25. The summed E-state index contributed by atoms with van der Waals surface area (Å²) in [5.74, 6) is -0.814. The maximum atomic E-state index is 12.7. The van der Waals surface area contributed by atoms with Crippen LogP contribution >= 0.6 is 7.82 Å². The summed E-state index contributed by atoms with van der Waals surface area (Å²) in [7, 11) is -0.716. The molecule has 0 saturated heterocycles. The molecule has 10 heteroatoms. The van der Waals surface area contributed by atoms with Gasteiger partial charge >= 0.3 is 19.8 Å². The van der Waals surface area contributed by atoms with E-state index in [0.29, 0.717) is 13.0 Å². The van der Waals surface area contributed by atoms with E-state index in [2.05, 4.69) is 50.3 Å². The summed E-state index contributed by atoms with van der Waals surface area (Å²) in [6.07, 6.45) is 49.1. The summed E-state index contributed by atoms with van der Waals surface area (Å²) in [6.45, 7) is 4.22. The number of phosphoric acid groups is 1. The highest BCUT2D eigenvalue weighted by molar-refractivity contribution is 7.47. The standard InChI is InChI=1S/C49H92NO8P/c1-5-7-9-11-13-15-17-19-21-22-23-24-25-26-28-30-32-34-36-38-40-42-49(52)58-47(46-57-59(53,54)56-44-43-50(3)4)45-55-48(51)41-39-37-35-33-31-29-27-20-18-16-14-12-10-8-6-2/h8,10,14,16,20,27,47H,5-7,9,11-13,15,17-19,21-26,28-46H2,1-4H3,(H,53,54)/b10-8-,16-14-,27-20-. The van der Waals surface area contributed by atoms with Crippen molar-refractivity contribution in [3.63, 3.8) is 0 Å². The molecule has 0 aromatic heterocycles. The molecule has 1 N–H and O–H groups in total. The zero-order valence-electron chi connectivity index (χ0n) is 38.7. The Morgan fingerprint density at radius 1 is 0.542 bits per heavy atom. The summed E-state index contributed by atoms with van der Waals surface area (Å²) in [4.78, 5) is 37.1. The summed E-state index contributed by atoms with van der Waals surface area (Å²) in [5.41, 5.74) is 0. The normalized spacial score (nSPS) is 13.6. The van der Waals surface area contributed by atoms with Crippen molar-refractivity contribution in [1.29, 1.82) is 0 Å². The van der Waals surface area contributed by atoms with Gasteiger partial charge in [-0.2, -0.15) is 0 Å². The topological polar surface area (TPSA) is 112 Å². The molecular formula is C49H92NO8P. The molecule has 0 aliphatic carbocycles. The first kappa shape index (κ1) is 57.2. The zero-order valence-corrected chi connectivity index (χ0v) is 39.6. The minimum Gasteiger partial charge on any atom is -0.462 e. The van der Waals surface area contributed by atoms with Crippen molar-refractivity contribution < 1.29 is 37.6 Å². The van der Waals surface area contributed by atoms with Crippen LogP contribution in [-0.2, 0) is 32.7 Å². The summed E-state index contributed by atoms with van der Waals surface area (Å²) < 4.78 is 33.5. The molecule has 0 saturated carbocycles. The molecule has 0 aliphatic rings. The number of likely N-dealkylation sites (N-methyl/N-ethyl adjacent to an activating group) is 1. The maximum Gasteiger partial charge on any atom is 0.472 e. The lowest BCUT2D eigenvalue weighted by atomic mass is 10.0. The number of carbonyl (C=O) groups is 2. The fourth-order valence-electron chi connectivity index (χ4n) is 6.76. The average Bonchev–Trinajstić information content (AvgIpc) is 3.20. The van der Waals surface area contributed by atoms with Crippen LogP contribution < -0.4 is 0 Å². The van der Waals surface area contributed by atoms with Crippen molar-refractivity contribution in [2.75, 3.05) is 40.5 Å². The first-order valence-corrected chi connectivity index (χ1v) is 25.8. The second kappa shape index (κ2) is 44.3. The lowest BCUT2D eigenvalue weighted by molar-refractivity contribution is -0.161. The van der Waals surface area contributed by atoms with Crippen LogP contribution in [0.1, 0.15) is 219 Å². The fourth-order valence-corrected chi connectivity index (χ4v) is 7.50. The Kier molecular flexibility index (Phi) is 43.0. The van der Waals surface area contributed by atoms with Crippen molar-refractivity contribution >= 4 is 19.8 Å². The number of rotatable bonds is 45. The average molecular weight is 854 g/mol. The van der Waals surface area contributed by atoms with E-state index in [1.54, 1.807) is 0 Å². The number of esters is 2. The van der Waals surface area contributed by atoms with Gasteiger partial charge in [-0.3, -0.25) is 18.6 Å². The third kappa shape index (κ3) is 45.6. The van der Waals surface area contributed by atoms with Crippen LogP contribution in [0.4, 0.5) is 0 Å². The van der Waals surface area contributed by atoms with Crippen molar-refractivity contribution in [2.45, 2.75) is 225 Å². The van der Waals surface area contributed by atoms with Crippen molar-refractivity contribution in [2.24, 2.45) is 0 Å². The molecule has 9 nitrogen and oxygen atoms in total. The number of hydrogen-bond acceptors (Lipinski definition) is 8. The number of carbonyl (C=O) groups excluding carboxylic acids is 2. The first-order chi connectivity index (χ1) is 28.7. The molecule has 0 amide bonds. The van der Waals surface area contributed by atoms with E-state index in [0.717, 1.165) is 70.6 Å². The summed E-state index contributed by atoms with van der Waals surface area (Å²) >= 11 is 0. The number of phosphoric ester groups is 1. The molecule has 2 unspecified atom stereocenters. The Morgan fingerprint density at radius 2 is 0.966 bits per heavy atom. The smallest absolute Gasteiger partial charge is 0.462 e. The molecular weight excluding hydrogens is 762 g/mol. The van der Waals surface area contributed by atoms with Crippen LogP contribution in [0, 0.1) is 0 Å².